The maximum atomic E-state index is 13.7. The summed E-state index contributed by atoms with van der Waals surface area (Å²) in [6.45, 7) is -1.94. The van der Waals surface area contributed by atoms with Crippen molar-refractivity contribution in [1.29, 1.82) is 0 Å². The first-order valence-electron chi connectivity index (χ1n) is 26.9. The summed E-state index contributed by atoms with van der Waals surface area (Å²) < 4.78 is 208. The molecular formula is C39H56N2O6. The second-order valence-corrected chi connectivity index (χ2v) is 12.0. The van der Waals surface area contributed by atoms with E-state index < -0.39 is 112 Å². The van der Waals surface area contributed by atoms with Crippen LogP contribution in [-0.4, -0.2) is 75.8 Å². The van der Waals surface area contributed by atoms with E-state index in [4.69, 9.17) is 50.5 Å². The monoisotopic (exact) mass is 672 g/mol. The number of piperidine rings is 2. The third kappa shape index (κ3) is 7.64. The Bertz CT molecular complexity index is 2370. The highest BCUT2D eigenvalue weighted by Gasteiger charge is 2.40. The zero-order valence-electron chi connectivity index (χ0n) is 50.1. The molecule has 0 amide bonds. The van der Waals surface area contributed by atoms with Gasteiger partial charge in [0.25, 0.3) is 0 Å². The lowest BCUT2D eigenvalue weighted by Crippen LogP contribution is -2.46. The second kappa shape index (κ2) is 15.4. The Hall–Kier alpha value is -3.10. The second-order valence-electron chi connectivity index (χ2n) is 12.0. The van der Waals surface area contributed by atoms with E-state index in [1.807, 2.05) is 13.8 Å². The molecular weight excluding hydrogens is 592 g/mol. The normalized spacial score (nSPS) is 37.6. The number of methoxy groups -OCH3 is 4. The summed E-state index contributed by atoms with van der Waals surface area (Å²) in [6, 6.07) is -3.87. The number of hydrogen-bond donors (Lipinski definition) is 0. The summed E-state index contributed by atoms with van der Waals surface area (Å²) in [5, 5.41) is 0. The van der Waals surface area contributed by atoms with Crippen LogP contribution in [0.2, 0.25) is 0 Å². The molecule has 0 radical (unpaired) electrons. The van der Waals surface area contributed by atoms with Gasteiger partial charge in [0.2, 0.25) is 0 Å². The van der Waals surface area contributed by atoms with Crippen LogP contribution in [0, 0.1) is 23.6 Å². The minimum atomic E-state index is -3.77. The SMILES string of the molecule is [2H]c1c2c(c([2H])c(OC)c1OC([2H])([2H])[2H])C1CC(=O)C(CC(C)C)C([2H])([2H])N1CC2.[2H]c1c2c(c([2H])c(OC)c1OC([2H])([2H])[2H])C1N(CC2)CC([2H])(C([2H])([2H])C([2H])(C([2H])([2H])[2H])C([2H])([2H])C)C(=O)C1([2H])[2H]. The highest BCUT2D eigenvalue weighted by molar-refractivity contribution is 5.83. The molecule has 0 N–H and O–H groups in total. The van der Waals surface area contributed by atoms with Gasteiger partial charge in [0.15, 0.2) is 23.0 Å². The van der Waals surface area contributed by atoms with Gasteiger partial charge in [-0.05, 0) is 83.9 Å². The molecule has 6 rings (SSSR count). The molecule has 47 heavy (non-hydrogen) atoms. The van der Waals surface area contributed by atoms with E-state index in [1.54, 1.807) is 4.90 Å². The van der Waals surface area contributed by atoms with Crippen molar-refractivity contribution in [1.82, 2.24) is 9.80 Å². The van der Waals surface area contributed by atoms with E-state index in [0.717, 1.165) is 12.0 Å². The molecule has 2 aromatic rings. The quantitative estimate of drug-likeness (QED) is 0.286. The Morgan fingerprint density at radius 1 is 0.936 bits per heavy atom. The molecule has 258 valence electrons. The number of Topliss-reactive ketones (excluding diaryl/α,β-unsaturated/α-hetero) is 2. The van der Waals surface area contributed by atoms with E-state index in [0.29, 0.717) is 24.5 Å². The van der Waals surface area contributed by atoms with Crippen molar-refractivity contribution in [2.24, 2.45) is 23.6 Å². The highest BCUT2D eigenvalue weighted by Crippen LogP contribution is 2.44. The molecule has 4 aliphatic rings. The fourth-order valence-corrected chi connectivity index (χ4v) is 6.24. The lowest BCUT2D eigenvalue weighted by Gasteiger charge is -2.43. The van der Waals surface area contributed by atoms with Crippen LogP contribution in [0.4, 0.5) is 0 Å². The summed E-state index contributed by atoms with van der Waals surface area (Å²) in [5.74, 6) is -11.1. The topological polar surface area (TPSA) is 77.5 Å². The summed E-state index contributed by atoms with van der Waals surface area (Å²) >= 11 is 0. The fraction of sp³-hybridized carbons (Fsp3) is 0.641. The number of ether oxygens (including phenoxy) is 4. The van der Waals surface area contributed by atoms with E-state index in [-0.39, 0.29) is 78.8 Å². The van der Waals surface area contributed by atoms with Gasteiger partial charge in [-0.1, -0.05) is 34.0 Å². The van der Waals surface area contributed by atoms with Crippen LogP contribution in [-0.2, 0) is 22.4 Å². The number of carbonyl (C=O) groups excluding carboxylic acids is 2. The lowest BCUT2D eigenvalue weighted by atomic mass is 9.79. The van der Waals surface area contributed by atoms with Crippen molar-refractivity contribution in [3.05, 3.63) is 46.4 Å². The molecule has 4 aliphatic heterocycles. The zero-order chi connectivity index (χ0) is 53.8. The van der Waals surface area contributed by atoms with Crippen LogP contribution >= 0.6 is 0 Å². The van der Waals surface area contributed by atoms with Crippen molar-refractivity contribution in [2.75, 3.05) is 54.4 Å². The van der Waals surface area contributed by atoms with Gasteiger partial charge < -0.3 is 18.9 Å². The number of hydrogen-bond acceptors (Lipinski definition) is 8. The zero-order valence-corrected chi connectivity index (χ0v) is 27.1. The Labute approximate surface area is 314 Å². The summed E-state index contributed by atoms with van der Waals surface area (Å²) in [6.07, 6.45) is -9.51. The van der Waals surface area contributed by atoms with Crippen molar-refractivity contribution < 1.29 is 60.1 Å². The van der Waals surface area contributed by atoms with Crippen LogP contribution < -0.4 is 18.9 Å². The van der Waals surface area contributed by atoms with Gasteiger partial charge in [-0.25, -0.2) is 0 Å². The molecule has 8 heteroatoms. The molecule has 0 spiro atoms. The molecule has 0 bridgehead atoms. The van der Waals surface area contributed by atoms with Gasteiger partial charge in [0.1, 0.15) is 11.6 Å². The van der Waals surface area contributed by atoms with Crippen molar-refractivity contribution in [2.45, 2.75) is 84.5 Å². The predicted molar refractivity (Wildman–Crippen MR) is 185 cm³/mol. The van der Waals surface area contributed by atoms with Gasteiger partial charge in [0.05, 0.1) is 42.0 Å². The van der Waals surface area contributed by atoms with Gasteiger partial charge in [-0.3, -0.25) is 19.4 Å². The van der Waals surface area contributed by atoms with Crippen LogP contribution in [0.3, 0.4) is 0 Å². The van der Waals surface area contributed by atoms with E-state index in [1.165, 1.54) is 7.11 Å². The Balaban J connectivity index is 0.000000271. The Morgan fingerprint density at radius 3 is 2.09 bits per heavy atom. The third-order valence-electron chi connectivity index (χ3n) is 8.54. The summed E-state index contributed by atoms with van der Waals surface area (Å²) in [5.41, 5.74) is 0.491. The number of carbonyl (C=O) groups is 2. The van der Waals surface area contributed by atoms with Crippen molar-refractivity contribution >= 4 is 11.6 Å². The van der Waals surface area contributed by atoms with Crippen LogP contribution in [0.25, 0.3) is 0 Å². The van der Waals surface area contributed by atoms with Crippen LogP contribution in [0.15, 0.2) is 24.2 Å². The highest BCUT2D eigenvalue weighted by atomic mass is 16.5. The molecule has 0 aromatic heterocycles. The van der Waals surface area contributed by atoms with E-state index in [9.17, 15) is 9.59 Å². The molecule has 8 nitrogen and oxygen atoms in total. The number of rotatable bonds is 9. The molecule has 5 atom stereocenters. The van der Waals surface area contributed by atoms with Gasteiger partial charge in [0, 0.05) is 80.6 Å². The average Bonchev–Trinajstić information content (AvgIpc) is 3.20. The summed E-state index contributed by atoms with van der Waals surface area (Å²) in [7, 11) is -3.51. The van der Waals surface area contributed by atoms with Crippen molar-refractivity contribution in [3.63, 3.8) is 0 Å². The van der Waals surface area contributed by atoms with E-state index >= 15 is 0 Å². The Kier molecular flexibility index (Phi) is 5.27. The van der Waals surface area contributed by atoms with Gasteiger partial charge in [-0.15, -0.1) is 0 Å². The lowest BCUT2D eigenvalue weighted by molar-refractivity contribution is -0.130. The predicted octanol–water partition coefficient (Wildman–Crippen LogP) is 6.87. The maximum absolute atomic E-state index is 13.7. The van der Waals surface area contributed by atoms with Crippen LogP contribution in [0.5, 0.6) is 23.0 Å². The third-order valence-corrected chi connectivity index (χ3v) is 8.54. The van der Waals surface area contributed by atoms with Crippen molar-refractivity contribution in [3.8, 4) is 23.0 Å². The van der Waals surface area contributed by atoms with Gasteiger partial charge >= 0.3 is 0 Å². The minimum absolute atomic E-state index is 0.0225. The fourth-order valence-electron chi connectivity index (χ4n) is 6.24. The van der Waals surface area contributed by atoms with Gasteiger partial charge in [-0.2, -0.15) is 0 Å². The van der Waals surface area contributed by atoms with E-state index in [2.05, 4.69) is 0 Å². The molecule has 2 saturated heterocycles. The largest absolute Gasteiger partial charge is 0.493 e. The molecule has 5 unspecified atom stereocenters. The number of nitrogens with zero attached hydrogens (tertiary/aromatic N) is 2. The first kappa shape index (κ1) is 16.1. The smallest absolute Gasteiger partial charge is 0.161 e. The molecule has 4 heterocycles. The average molecular weight is 672 g/mol. The minimum Gasteiger partial charge on any atom is -0.493 e. The molecule has 0 aliphatic carbocycles. The van der Waals surface area contributed by atoms with Crippen LogP contribution in [0.1, 0.15) is 125 Å². The standard InChI is InChI=1S/C20H29NO3.C19H27NO3/c1-5-13(2)8-15-12-21-7-6-14-9-19(23-3)20(24-4)10-16(14)17(21)11-18(15)22;1-12(2)7-14-11-20-6-5-13-8-18(22-3)19(23-4)9-15(13)16(20)10-17(14)21/h9-10,13,15,17H,5-8,11-12H2,1-4H3;8-9,12,14,16H,5-7,10-11H2,1-4H3/i2D3,3D3,5D2,8D2,9D,10D,11D2,13D,15D;3D3,8D,9D,11D2. The first-order chi connectivity index (χ1) is 31.5. The first-order valence-corrected chi connectivity index (χ1v) is 15.4. The molecule has 2 aromatic carbocycles. The maximum Gasteiger partial charge on any atom is 0.161 e. The number of benzene rings is 2. The number of ketones is 2. The molecule has 2 fully saturated rings. The molecule has 0 saturated carbocycles. The Morgan fingerprint density at radius 2 is 1.53 bits per heavy atom. The number of fused-ring (bicyclic) bond motifs is 6. The summed E-state index contributed by atoms with van der Waals surface area (Å²) in [4.78, 5) is 29.4.